The molecule has 1 aliphatic heterocycles. The zero-order chi connectivity index (χ0) is 13.5. The van der Waals surface area contributed by atoms with Gasteiger partial charge in [0, 0.05) is 12.6 Å². The molecule has 2 atom stereocenters. The minimum absolute atomic E-state index is 0.0676. The number of hydrogen-bond acceptors (Lipinski definition) is 3. The van der Waals surface area contributed by atoms with Crippen LogP contribution in [0.2, 0.25) is 0 Å². The molecule has 0 saturated carbocycles. The zero-order valence-electron chi connectivity index (χ0n) is 11.6. The SMILES string of the molecule is CC(C)CNC(=O)CNC(=O)C1CCCC(C)N1. The van der Waals surface area contributed by atoms with Crippen LogP contribution < -0.4 is 16.0 Å². The molecule has 0 aromatic carbocycles. The summed E-state index contributed by atoms with van der Waals surface area (Å²) in [6.07, 6.45) is 3.02. The predicted molar refractivity (Wildman–Crippen MR) is 71.1 cm³/mol. The molecule has 1 aliphatic rings. The molecule has 1 saturated heterocycles. The van der Waals surface area contributed by atoms with Gasteiger partial charge < -0.3 is 16.0 Å². The van der Waals surface area contributed by atoms with E-state index in [2.05, 4.69) is 22.9 Å². The second-order valence-corrected chi connectivity index (χ2v) is 5.47. The molecule has 18 heavy (non-hydrogen) atoms. The maximum atomic E-state index is 11.8. The van der Waals surface area contributed by atoms with E-state index in [1.54, 1.807) is 0 Å². The third-order valence-electron chi connectivity index (χ3n) is 3.06. The van der Waals surface area contributed by atoms with Crippen molar-refractivity contribution in [2.24, 2.45) is 5.92 Å². The Morgan fingerprint density at radius 1 is 1.28 bits per heavy atom. The Bertz CT molecular complexity index is 292. The predicted octanol–water partition coefficient (Wildman–Crippen LogP) is 0.405. The van der Waals surface area contributed by atoms with Crippen molar-refractivity contribution in [1.82, 2.24) is 16.0 Å². The first kappa shape index (κ1) is 15.0. The van der Waals surface area contributed by atoms with Crippen LogP contribution in [-0.4, -0.2) is 37.0 Å². The first-order valence-corrected chi connectivity index (χ1v) is 6.79. The topological polar surface area (TPSA) is 70.2 Å². The summed E-state index contributed by atoms with van der Waals surface area (Å²) < 4.78 is 0. The van der Waals surface area contributed by atoms with Gasteiger partial charge in [-0.3, -0.25) is 9.59 Å². The molecule has 2 unspecified atom stereocenters. The fraction of sp³-hybridized carbons (Fsp3) is 0.846. The van der Waals surface area contributed by atoms with Gasteiger partial charge in [-0.1, -0.05) is 13.8 Å². The summed E-state index contributed by atoms with van der Waals surface area (Å²) in [5.41, 5.74) is 0. The van der Waals surface area contributed by atoms with Crippen molar-refractivity contribution in [2.45, 2.75) is 52.1 Å². The number of nitrogens with one attached hydrogen (secondary N) is 3. The molecule has 1 rings (SSSR count). The highest BCUT2D eigenvalue weighted by molar-refractivity contribution is 5.87. The lowest BCUT2D eigenvalue weighted by atomic mass is 9.99. The van der Waals surface area contributed by atoms with Crippen molar-refractivity contribution in [3.8, 4) is 0 Å². The minimum atomic E-state index is -0.147. The Labute approximate surface area is 109 Å². The minimum Gasteiger partial charge on any atom is -0.354 e. The second-order valence-electron chi connectivity index (χ2n) is 5.47. The van der Waals surface area contributed by atoms with Gasteiger partial charge in [0.25, 0.3) is 0 Å². The van der Waals surface area contributed by atoms with E-state index in [4.69, 9.17) is 0 Å². The van der Waals surface area contributed by atoms with Crippen molar-refractivity contribution in [2.75, 3.05) is 13.1 Å². The van der Waals surface area contributed by atoms with Crippen molar-refractivity contribution in [3.63, 3.8) is 0 Å². The third kappa shape index (κ3) is 5.49. The third-order valence-corrected chi connectivity index (χ3v) is 3.06. The fourth-order valence-corrected chi connectivity index (χ4v) is 2.02. The standard InChI is InChI=1S/C13H25N3O2/c1-9(2)7-14-12(17)8-15-13(18)11-6-4-5-10(3)16-11/h9-11,16H,4-8H2,1-3H3,(H,14,17)(H,15,18). The van der Waals surface area contributed by atoms with Crippen LogP contribution in [0.15, 0.2) is 0 Å². The van der Waals surface area contributed by atoms with Crippen molar-refractivity contribution < 1.29 is 9.59 Å². The molecule has 0 radical (unpaired) electrons. The van der Waals surface area contributed by atoms with Crippen molar-refractivity contribution in [3.05, 3.63) is 0 Å². The molecule has 0 aromatic rings. The van der Waals surface area contributed by atoms with E-state index in [1.165, 1.54) is 0 Å². The van der Waals surface area contributed by atoms with E-state index < -0.39 is 0 Å². The van der Waals surface area contributed by atoms with Crippen LogP contribution in [0.1, 0.15) is 40.0 Å². The van der Waals surface area contributed by atoms with Gasteiger partial charge in [0.2, 0.25) is 11.8 Å². The van der Waals surface area contributed by atoms with Crippen LogP contribution in [0.4, 0.5) is 0 Å². The van der Waals surface area contributed by atoms with Gasteiger partial charge in [-0.25, -0.2) is 0 Å². The Morgan fingerprint density at radius 3 is 2.61 bits per heavy atom. The van der Waals surface area contributed by atoms with Crippen LogP contribution >= 0.6 is 0 Å². The number of amides is 2. The molecule has 0 bridgehead atoms. The zero-order valence-corrected chi connectivity index (χ0v) is 11.6. The van der Waals surface area contributed by atoms with Gasteiger partial charge in [0.05, 0.1) is 12.6 Å². The van der Waals surface area contributed by atoms with Gasteiger partial charge in [-0.2, -0.15) is 0 Å². The Hall–Kier alpha value is -1.10. The van der Waals surface area contributed by atoms with Gasteiger partial charge in [0.1, 0.15) is 0 Å². The lowest BCUT2D eigenvalue weighted by molar-refractivity contribution is -0.127. The summed E-state index contributed by atoms with van der Waals surface area (Å²) in [5.74, 6) is 0.229. The maximum Gasteiger partial charge on any atom is 0.239 e. The van der Waals surface area contributed by atoms with Gasteiger partial charge in [0.15, 0.2) is 0 Å². The number of piperidine rings is 1. The molecule has 0 spiro atoms. The average molecular weight is 255 g/mol. The highest BCUT2D eigenvalue weighted by Crippen LogP contribution is 2.11. The highest BCUT2D eigenvalue weighted by Gasteiger charge is 2.24. The summed E-state index contributed by atoms with van der Waals surface area (Å²) in [4.78, 5) is 23.3. The Morgan fingerprint density at radius 2 is 2.00 bits per heavy atom. The summed E-state index contributed by atoms with van der Waals surface area (Å²) in [6.45, 7) is 6.86. The van der Waals surface area contributed by atoms with E-state index >= 15 is 0 Å². The van der Waals surface area contributed by atoms with Gasteiger partial charge in [-0.15, -0.1) is 0 Å². The first-order chi connectivity index (χ1) is 8.49. The molecule has 1 heterocycles. The smallest absolute Gasteiger partial charge is 0.239 e. The molecule has 0 aliphatic carbocycles. The van der Waals surface area contributed by atoms with Gasteiger partial charge >= 0.3 is 0 Å². The summed E-state index contributed by atoms with van der Waals surface area (Å²) in [6, 6.07) is 0.232. The lowest BCUT2D eigenvalue weighted by Gasteiger charge is -2.27. The molecule has 104 valence electrons. The summed E-state index contributed by atoms with van der Waals surface area (Å²) in [7, 11) is 0. The molecule has 5 heteroatoms. The molecule has 3 N–H and O–H groups in total. The van der Waals surface area contributed by atoms with E-state index in [0.29, 0.717) is 18.5 Å². The van der Waals surface area contributed by atoms with Crippen molar-refractivity contribution >= 4 is 11.8 Å². The van der Waals surface area contributed by atoms with Crippen LogP contribution in [-0.2, 0) is 9.59 Å². The van der Waals surface area contributed by atoms with Crippen LogP contribution in [0.25, 0.3) is 0 Å². The highest BCUT2D eigenvalue weighted by atomic mass is 16.2. The van der Waals surface area contributed by atoms with E-state index in [0.717, 1.165) is 19.3 Å². The average Bonchev–Trinajstić information content (AvgIpc) is 2.33. The van der Waals surface area contributed by atoms with Crippen LogP contribution in [0.5, 0.6) is 0 Å². The van der Waals surface area contributed by atoms with E-state index in [-0.39, 0.29) is 24.4 Å². The lowest BCUT2D eigenvalue weighted by Crippen LogP contribution is -2.51. The van der Waals surface area contributed by atoms with Crippen molar-refractivity contribution in [1.29, 1.82) is 0 Å². The Balaban J connectivity index is 2.21. The molecule has 0 aromatic heterocycles. The largest absolute Gasteiger partial charge is 0.354 e. The first-order valence-electron chi connectivity index (χ1n) is 6.79. The Kier molecular flexibility index (Phi) is 6.12. The molecule has 2 amide bonds. The number of carbonyl (C=O) groups is 2. The van der Waals surface area contributed by atoms with E-state index in [9.17, 15) is 9.59 Å². The number of carbonyl (C=O) groups excluding carboxylic acids is 2. The molecular formula is C13H25N3O2. The van der Waals surface area contributed by atoms with Crippen LogP contribution in [0.3, 0.4) is 0 Å². The molecular weight excluding hydrogens is 230 g/mol. The maximum absolute atomic E-state index is 11.8. The normalized spacial score (nSPS) is 23.8. The number of rotatable bonds is 5. The quantitative estimate of drug-likeness (QED) is 0.666. The van der Waals surface area contributed by atoms with E-state index in [1.807, 2.05) is 13.8 Å². The monoisotopic (exact) mass is 255 g/mol. The molecule has 1 fully saturated rings. The molecule has 5 nitrogen and oxygen atoms in total. The van der Waals surface area contributed by atoms with Gasteiger partial charge in [-0.05, 0) is 32.1 Å². The van der Waals surface area contributed by atoms with Crippen LogP contribution in [0, 0.1) is 5.92 Å². The number of hydrogen-bond donors (Lipinski definition) is 3. The summed E-state index contributed by atoms with van der Waals surface area (Å²) in [5, 5.41) is 8.70. The fourth-order valence-electron chi connectivity index (χ4n) is 2.02. The summed E-state index contributed by atoms with van der Waals surface area (Å²) >= 11 is 0. The second kappa shape index (κ2) is 7.36.